The molecule has 2 N–H and O–H groups in total. The Morgan fingerprint density at radius 3 is 2.38 bits per heavy atom. The Labute approximate surface area is 125 Å². The molecule has 1 amide bonds. The van der Waals surface area contributed by atoms with Crippen molar-refractivity contribution in [2.75, 3.05) is 6.54 Å². The van der Waals surface area contributed by atoms with Gasteiger partial charge in [0, 0.05) is 6.54 Å². The van der Waals surface area contributed by atoms with Gasteiger partial charge in [0.05, 0.1) is 6.42 Å². The Hall–Kier alpha value is -2.04. The Kier molecular flexibility index (Phi) is 6.21. The second kappa shape index (κ2) is 7.67. The molecule has 116 valence electrons. The van der Waals surface area contributed by atoms with Gasteiger partial charge in [-0.25, -0.2) is 4.79 Å². The zero-order chi connectivity index (χ0) is 15.9. The van der Waals surface area contributed by atoms with E-state index in [0.717, 1.165) is 5.56 Å². The van der Waals surface area contributed by atoms with Crippen LogP contribution in [0.3, 0.4) is 0 Å². The van der Waals surface area contributed by atoms with Crippen LogP contribution in [0.2, 0.25) is 0 Å². The van der Waals surface area contributed by atoms with Crippen LogP contribution in [0.25, 0.3) is 0 Å². The van der Waals surface area contributed by atoms with Crippen molar-refractivity contribution in [3.63, 3.8) is 0 Å². The smallest absolute Gasteiger partial charge is 0.407 e. The number of hydrogen-bond donors (Lipinski definition) is 2. The minimum absolute atomic E-state index is 0.0163. The van der Waals surface area contributed by atoms with Gasteiger partial charge in [0.25, 0.3) is 0 Å². The van der Waals surface area contributed by atoms with Crippen molar-refractivity contribution in [3.8, 4) is 0 Å². The summed E-state index contributed by atoms with van der Waals surface area (Å²) in [7, 11) is 0. The number of aliphatic carboxylic acids is 1. The summed E-state index contributed by atoms with van der Waals surface area (Å²) in [5, 5.41) is 11.6. The van der Waals surface area contributed by atoms with E-state index in [1.54, 1.807) is 0 Å². The van der Waals surface area contributed by atoms with Gasteiger partial charge in [-0.1, -0.05) is 51.1 Å². The maximum Gasteiger partial charge on any atom is 0.407 e. The number of alkyl carbamates (subject to hydrolysis) is 1. The summed E-state index contributed by atoms with van der Waals surface area (Å²) in [6.07, 6.45) is -0.513. The van der Waals surface area contributed by atoms with Crippen LogP contribution in [0.5, 0.6) is 0 Å². The van der Waals surface area contributed by atoms with E-state index in [4.69, 9.17) is 9.84 Å². The van der Waals surface area contributed by atoms with Gasteiger partial charge < -0.3 is 15.2 Å². The molecule has 1 atom stereocenters. The van der Waals surface area contributed by atoms with Crippen LogP contribution in [0.1, 0.15) is 32.8 Å². The second-order valence-corrected chi connectivity index (χ2v) is 6.10. The first kappa shape index (κ1) is 17.0. The van der Waals surface area contributed by atoms with Gasteiger partial charge in [0.1, 0.15) is 6.61 Å². The molecule has 0 radical (unpaired) electrons. The number of ether oxygens (including phenoxy) is 1. The average molecular weight is 293 g/mol. The van der Waals surface area contributed by atoms with Crippen LogP contribution >= 0.6 is 0 Å². The number of amides is 1. The first-order valence-corrected chi connectivity index (χ1v) is 6.95. The Bertz CT molecular complexity index is 465. The summed E-state index contributed by atoms with van der Waals surface area (Å²) < 4.78 is 5.10. The number of benzene rings is 1. The lowest BCUT2D eigenvalue weighted by atomic mass is 9.79. The third-order valence-electron chi connectivity index (χ3n) is 3.35. The Morgan fingerprint density at radius 2 is 1.86 bits per heavy atom. The molecule has 0 aliphatic heterocycles. The van der Waals surface area contributed by atoms with Crippen molar-refractivity contribution < 1.29 is 19.4 Å². The van der Waals surface area contributed by atoms with Crippen molar-refractivity contribution in [2.24, 2.45) is 11.3 Å². The molecule has 0 heterocycles. The largest absolute Gasteiger partial charge is 0.481 e. The first-order chi connectivity index (χ1) is 9.79. The highest BCUT2D eigenvalue weighted by Gasteiger charge is 2.27. The fourth-order valence-corrected chi connectivity index (χ4v) is 1.88. The minimum Gasteiger partial charge on any atom is -0.481 e. The van der Waals surface area contributed by atoms with Gasteiger partial charge in [-0.05, 0) is 16.9 Å². The van der Waals surface area contributed by atoms with E-state index in [0.29, 0.717) is 0 Å². The molecule has 5 nitrogen and oxygen atoms in total. The van der Waals surface area contributed by atoms with Crippen molar-refractivity contribution in [1.29, 1.82) is 0 Å². The third-order valence-corrected chi connectivity index (χ3v) is 3.35. The summed E-state index contributed by atoms with van der Waals surface area (Å²) in [5.41, 5.74) is 0.705. The fraction of sp³-hybridized carbons (Fsp3) is 0.500. The molecule has 1 rings (SSSR count). The van der Waals surface area contributed by atoms with Crippen LogP contribution < -0.4 is 5.32 Å². The molecule has 0 bridgehead atoms. The summed E-state index contributed by atoms with van der Waals surface area (Å²) in [4.78, 5) is 22.5. The molecular weight excluding hydrogens is 270 g/mol. The molecular formula is C16H23NO4. The van der Waals surface area contributed by atoms with Crippen LogP contribution in [0, 0.1) is 11.3 Å². The predicted molar refractivity (Wildman–Crippen MR) is 79.8 cm³/mol. The average Bonchev–Trinajstić information content (AvgIpc) is 2.40. The number of carboxylic acid groups (broad SMARTS) is 1. The normalized spacial score (nSPS) is 12.5. The van der Waals surface area contributed by atoms with Crippen molar-refractivity contribution in [1.82, 2.24) is 5.32 Å². The number of nitrogens with one attached hydrogen (secondary N) is 1. The van der Waals surface area contributed by atoms with E-state index in [1.165, 1.54) is 0 Å². The second-order valence-electron chi connectivity index (χ2n) is 6.10. The highest BCUT2D eigenvalue weighted by Crippen LogP contribution is 2.28. The quantitative estimate of drug-likeness (QED) is 0.845. The van der Waals surface area contributed by atoms with Crippen molar-refractivity contribution in [2.45, 2.75) is 33.8 Å². The van der Waals surface area contributed by atoms with Gasteiger partial charge in [-0.3, -0.25) is 4.79 Å². The molecule has 0 fully saturated rings. The molecule has 0 spiro atoms. The zero-order valence-electron chi connectivity index (χ0n) is 12.8. The van der Waals surface area contributed by atoms with Gasteiger partial charge in [-0.15, -0.1) is 0 Å². The lowest BCUT2D eigenvalue weighted by Crippen LogP contribution is -2.36. The molecule has 0 aliphatic carbocycles. The monoisotopic (exact) mass is 293 g/mol. The van der Waals surface area contributed by atoms with E-state index in [-0.39, 0.29) is 30.9 Å². The zero-order valence-corrected chi connectivity index (χ0v) is 12.8. The number of carbonyl (C=O) groups excluding carboxylic acids is 1. The number of carbonyl (C=O) groups is 2. The van der Waals surface area contributed by atoms with Gasteiger partial charge in [-0.2, -0.15) is 0 Å². The van der Waals surface area contributed by atoms with E-state index in [1.807, 2.05) is 51.1 Å². The van der Waals surface area contributed by atoms with Crippen molar-refractivity contribution >= 4 is 12.1 Å². The topological polar surface area (TPSA) is 75.6 Å². The molecule has 0 saturated heterocycles. The molecule has 1 unspecified atom stereocenters. The molecule has 5 heteroatoms. The molecule has 21 heavy (non-hydrogen) atoms. The fourth-order valence-electron chi connectivity index (χ4n) is 1.88. The van der Waals surface area contributed by atoms with E-state index in [9.17, 15) is 9.59 Å². The number of rotatable bonds is 6. The Balaban J connectivity index is 2.41. The number of carboxylic acids is 1. The summed E-state index contributed by atoms with van der Waals surface area (Å²) in [6, 6.07) is 9.38. The minimum atomic E-state index is -0.866. The summed E-state index contributed by atoms with van der Waals surface area (Å²) >= 11 is 0. The third kappa shape index (κ3) is 6.79. The lowest BCUT2D eigenvalue weighted by Gasteiger charge is -2.29. The molecule has 1 aromatic rings. The first-order valence-electron chi connectivity index (χ1n) is 6.95. The van der Waals surface area contributed by atoms with Crippen LogP contribution in [0.4, 0.5) is 4.79 Å². The van der Waals surface area contributed by atoms with Crippen LogP contribution in [-0.4, -0.2) is 23.7 Å². The van der Waals surface area contributed by atoms with Crippen molar-refractivity contribution in [3.05, 3.63) is 35.9 Å². The highest BCUT2D eigenvalue weighted by molar-refractivity contribution is 5.68. The standard InChI is InChI=1S/C16H23NO4/c1-16(2,3)13(9-14(18)19)10-17-15(20)21-11-12-7-5-4-6-8-12/h4-8,13H,9-11H2,1-3H3,(H,17,20)(H,18,19). The lowest BCUT2D eigenvalue weighted by molar-refractivity contribution is -0.139. The van der Waals surface area contributed by atoms with Crippen LogP contribution in [-0.2, 0) is 16.1 Å². The number of hydrogen-bond acceptors (Lipinski definition) is 3. The summed E-state index contributed by atoms with van der Waals surface area (Å²) in [5.74, 6) is -1.02. The molecule has 0 saturated carbocycles. The molecule has 0 aromatic heterocycles. The van der Waals surface area contributed by atoms with Crippen LogP contribution in [0.15, 0.2) is 30.3 Å². The van der Waals surface area contributed by atoms with E-state index < -0.39 is 12.1 Å². The predicted octanol–water partition coefficient (Wildman–Crippen LogP) is 3.05. The Morgan fingerprint density at radius 1 is 1.24 bits per heavy atom. The SMILES string of the molecule is CC(C)(C)C(CNC(=O)OCc1ccccc1)CC(=O)O. The van der Waals surface area contributed by atoms with E-state index in [2.05, 4.69) is 5.32 Å². The maximum absolute atomic E-state index is 11.7. The van der Waals surface area contributed by atoms with Gasteiger partial charge in [0.15, 0.2) is 0 Å². The maximum atomic E-state index is 11.7. The highest BCUT2D eigenvalue weighted by atomic mass is 16.5. The molecule has 0 aliphatic rings. The molecule has 1 aromatic carbocycles. The van der Waals surface area contributed by atoms with E-state index >= 15 is 0 Å². The van der Waals surface area contributed by atoms with Gasteiger partial charge in [0.2, 0.25) is 0 Å². The summed E-state index contributed by atoms with van der Waals surface area (Å²) in [6.45, 7) is 6.35. The van der Waals surface area contributed by atoms with Gasteiger partial charge >= 0.3 is 12.1 Å².